The molecule has 0 aliphatic heterocycles. The molecule has 0 radical (unpaired) electrons. The average molecular weight is 286 g/mol. The smallest absolute Gasteiger partial charge is 0.124 e. The summed E-state index contributed by atoms with van der Waals surface area (Å²) >= 11 is 7.48. The molecule has 1 heterocycles. The van der Waals surface area contributed by atoms with E-state index >= 15 is 0 Å². The Labute approximate surface area is 114 Å². The third-order valence-electron chi connectivity index (χ3n) is 2.82. The lowest BCUT2D eigenvalue weighted by Gasteiger charge is -2.21. The number of thiophene rings is 1. The van der Waals surface area contributed by atoms with Crippen molar-refractivity contribution in [3.8, 4) is 0 Å². The normalized spacial score (nSPS) is 14.4. The van der Waals surface area contributed by atoms with Gasteiger partial charge >= 0.3 is 0 Å². The second-order valence-corrected chi connectivity index (χ2v) is 5.35. The summed E-state index contributed by atoms with van der Waals surface area (Å²) in [4.78, 5) is 0.991. The number of hydrogen-bond donors (Lipinski definition) is 2. The molecule has 2 aromatic rings. The van der Waals surface area contributed by atoms with Crippen LogP contribution in [0.2, 0.25) is 5.02 Å². The molecule has 0 saturated heterocycles. The Morgan fingerprint density at radius 2 is 2.17 bits per heavy atom. The van der Waals surface area contributed by atoms with Crippen molar-refractivity contribution in [1.29, 1.82) is 0 Å². The van der Waals surface area contributed by atoms with E-state index in [4.69, 9.17) is 17.3 Å². The van der Waals surface area contributed by atoms with Crippen LogP contribution in [0.5, 0.6) is 0 Å². The van der Waals surface area contributed by atoms with Gasteiger partial charge in [-0.05, 0) is 29.1 Å². The summed E-state index contributed by atoms with van der Waals surface area (Å²) in [5.74, 6) is -0.649. The van der Waals surface area contributed by atoms with Gasteiger partial charge in [0.2, 0.25) is 0 Å². The van der Waals surface area contributed by atoms with Crippen molar-refractivity contribution in [1.82, 2.24) is 0 Å². The SMILES string of the molecule is NCC(c1cccs1)C(O)c1ccc(F)cc1Cl. The van der Waals surface area contributed by atoms with E-state index in [-0.39, 0.29) is 10.9 Å². The molecule has 2 atom stereocenters. The average Bonchev–Trinajstić information content (AvgIpc) is 2.83. The fraction of sp³-hybridized carbons (Fsp3) is 0.231. The van der Waals surface area contributed by atoms with Gasteiger partial charge in [0, 0.05) is 22.4 Å². The molecule has 0 fully saturated rings. The van der Waals surface area contributed by atoms with E-state index < -0.39 is 11.9 Å². The van der Waals surface area contributed by atoms with E-state index in [2.05, 4.69) is 0 Å². The number of nitrogens with two attached hydrogens (primary N) is 1. The second kappa shape index (κ2) is 5.80. The van der Waals surface area contributed by atoms with Crippen LogP contribution in [-0.2, 0) is 0 Å². The summed E-state index contributed by atoms with van der Waals surface area (Å²) < 4.78 is 13.0. The fourth-order valence-corrected chi connectivity index (χ4v) is 3.01. The zero-order valence-electron chi connectivity index (χ0n) is 9.51. The number of hydrogen-bond acceptors (Lipinski definition) is 3. The lowest BCUT2D eigenvalue weighted by molar-refractivity contribution is 0.149. The van der Waals surface area contributed by atoms with Crippen molar-refractivity contribution in [3.63, 3.8) is 0 Å². The highest BCUT2D eigenvalue weighted by atomic mass is 35.5. The van der Waals surface area contributed by atoms with Gasteiger partial charge in [-0.25, -0.2) is 4.39 Å². The highest BCUT2D eigenvalue weighted by Crippen LogP contribution is 2.35. The minimum Gasteiger partial charge on any atom is -0.388 e. The van der Waals surface area contributed by atoms with Crippen LogP contribution in [-0.4, -0.2) is 11.7 Å². The largest absolute Gasteiger partial charge is 0.388 e. The third-order valence-corrected chi connectivity index (χ3v) is 4.16. The molecule has 0 saturated carbocycles. The maximum atomic E-state index is 13.0. The first-order valence-electron chi connectivity index (χ1n) is 5.50. The van der Waals surface area contributed by atoms with Crippen LogP contribution >= 0.6 is 22.9 Å². The zero-order valence-corrected chi connectivity index (χ0v) is 11.1. The van der Waals surface area contributed by atoms with Gasteiger partial charge < -0.3 is 10.8 Å². The van der Waals surface area contributed by atoms with E-state index in [1.54, 1.807) is 0 Å². The number of aliphatic hydroxyl groups is 1. The maximum Gasteiger partial charge on any atom is 0.124 e. The Morgan fingerprint density at radius 1 is 1.39 bits per heavy atom. The van der Waals surface area contributed by atoms with Crippen LogP contribution in [0.1, 0.15) is 22.5 Å². The highest BCUT2D eigenvalue weighted by Gasteiger charge is 2.24. The van der Waals surface area contributed by atoms with Crippen LogP contribution in [0.3, 0.4) is 0 Å². The van der Waals surface area contributed by atoms with E-state index in [1.807, 2.05) is 17.5 Å². The van der Waals surface area contributed by atoms with E-state index in [0.29, 0.717) is 12.1 Å². The van der Waals surface area contributed by atoms with Gasteiger partial charge in [-0.15, -0.1) is 11.3 Å². The lowest BCUT2D eigenvalue weighted by atomic mass is 9.94. The standard InChI is InChI=1S/C13H13ClFNOS/c14-11-6-8(15)3-4-9(11)13(17)10(7-16)12-2-1-5-18-12/h1-6,10,13,17H,7,16H2. The molecule has 96 valence electrons. The topological polar surface area (TPSA) is 46.2 Å². The first kappa shape index (κ1) is 13.5. The molecule has 0 amide bonds. The van der Waals surface area contributed by atoms with Crippen molar-refractivity contribution in [2.75, 3.05) is 6.54 Å². The van der Waals surface area contributed by atoms with Crippen molar-refractivity contribution in [2.24, 2.45) is 5.73 Å². The van der Waals surface area contributed by atoms with E-state index in [9.17, 15) is 9.50 Å². The Hall–Kier alpha value is -0.940. The molecule has 3 N–H and O–H groups in total. The molecule has 2 nitrogen and oxygen atoms in total. The molecule has 0 bridgehead atoms. The van der Waals surface area contributed by atoms with Crippen LogP contribution in [0.4, 0.5) is 4.39 Å². The van der Waals surface area contributed by atoms with E-state index in [0.717, 1.165) is 4.88 Å². The Morgan fingerprint density at radius 3 is 2.72 bits per heavy atom. The van der Waals surface area contributed by atoms with Crippen molar-refractivity contribution < 1.29 is 9.50 Å². The van der Waals surface area contributed by atoms with E-state index in [1.165, 1.54) is 29.5 Å². The van der Waals surface area contributed by atoms with Crippen molar-refractivity contribution >= 4 is 22.9 Å². The van der Waals surface area contributed by atoms with Gasteiger partial charge in [0.25, 0.3) is 0 Å². The van der Waals surface area contributed by atoms with Crippen LogP contribution in [0, 0.1) is 5.82 Å². The van der Waals surface area contributed by atoms with Gasteiger partial charge in [-0.3, -0.25) is 0 Å². The molecule has 0 aliphatic rings. The minimum atomic E-state index is -0.832. The molecule has 18 heavy (non-hydrogen) atoms. The number of halogens is 2. The van der Waals surface area contributed by atoms with Gasteiger partial charge in [0.05, 0.1) is 6.10 Å². The predicted octanol–water partition coefficient (Wildman–Crippen LogP) is 3.32. The zero-order chi connectivity index (χ0) is 13.1. The quantitative estimate of drug-likeness (QED) is 0.905. The summed E-state index contributed by atoms with van der Waals surface area (Å²) in [5.41, 5.74) is 6.21. The van der Waals surface area contributed by atoms with Crippen LogP contribution in [0.15, 0.2) is 35.7 Å². The third kappa shape index (κ3) is 2.72. The first-order valence-corrected chi connectivity index (χ1v) is 6.75. The van der Waals surface area contributed by atoms with Gasteiger partial charge in [0.1, 0.15) is 5.82 Å². The lowest BCUT2D eigenvalue weighted by Crippen LogP contribution is -2.19. The van der Waals surface area contributed by atoms with Gasteiger partial charge in [0.15, 0.2) is 0 Å². The molecular weight excluding hydrogens is 273 g/mol. The molecule has 1 aromatic carbocycles. The van der Waals surface area contributed by atoms with Crippen LogP contribution in [0.25, 0.3) is 0 Å². The molecule has 1 aromatic heterocycles. The second-order valence-electron chi connectivity index (χ2n) is 3.97. The number of benzene rings is 1. The molecule has 5 heteroatoms. The minimum absolute atomic E-state index is 0.220. The van der Waals surface area contributed by atoms with Gasteiger partial charge in [-0.2, -0.15) is 0 Å². The summed E-state index contributed by atoms with van der Waals surface area (Å²) in [5, 5.41) is 12.5. The van der Waals surface area contributed by atoms with Crippen LogP contribution < -0.4 is 5.73 Å². The summed E-state index contributed by atoms with van der Waals surface area (Å²) in [6, 6.07) is 7.80. The predicted molar refractivity (Wildman–Crippen MR) is 72.5 cm³/mol. The fourth-order valence-electron chi connectivity index (χ4n) is 1.86. The molecule has 0 aliphatic carbocycles. The number of rotatable bonds is 4. The summed E-state index contributed by atoms with van der Waals surface area (Å²) in [6.07, 6.45) is -0.832. The highest BCUT2D eigenvalue weighted by molar-refractivity contribution is 7.10. The molecule has 2 unspecified atom stereocenters. The van der Waals surface area contributed by atoms with Gasteiger partial charge in [-0.1, -0.05) is 23.7 Å². The molecule has 0 spiro atoms. The Balaban J connectivity index is 2.31. The Kier molecular flexibility index (Phi) is 4.35. The molecular formula is C13H13ClFNOS. The first-order chi connectivity index (χ1) is 8.63. The maximum absolute atomic E-state index is 13.0. The van der Waals surface area contributed by atoms with Crippen molar-refractivity contribution in [3.05, 3.63) is 57.0 Å². The monoisotopic (exact) mass is 285 g/mol. The van der Waals surface area contributed by atoms with Crippen molar-refractivity contribution in [2.45, 2.75) is 12.0 Å². The molecule has 2 rings (SSSR count). The Bertz CT molecular complexity index is 518. The summed E-state index contributed by atoms with van der Waals surface area (Å²) in [6.45, 7) is 0.301. The summed E-state index contributed by atoms with van der Waals surface area (Å²) in [7, 11) is 0. The number of aliphatic hydroxyl groups excluding tert-OH is 1.